The van der Waals surface area contributed by atoms with Crippen molar-refractivity contribution in [1.82, 2.24) is 4.98 Å². The summed E-state index contributed by atoms with van der Waals surface area (Å²) in [6.45, 7) is 2.15. The van der Waals surface area contributed by atoms with Crippen LogP contribution in [0.5, 0.6) is 0 Å². The Balaban J connectivity index is 2.14. The molecule has 1 aromatic carbocycles. The molecule has 2 aromatic rings. The molecule has 0 aliphatic rings. The SMILES string of the molecule is CCC(Nc1ccc(N(C)C)nc1)c1cccc(Cl)c1. The van der Waals surface area contributed by atoms with Crippen LogP contribution in [-0.2, 0) is 0 Å². The molecule has 1 atom stereocenters. The summed E-state index contributed by atoms with van der Waals surface area (Å²) in [5.74, 6) is 0.950. The molecule has 1 unspecified atom stereocenters. The molecule has 0 bridgehead atoms. The summed E-state index contributed by atoms with van der Waals surface area (Å²) in [4.78, 5) is 6.40. The van der Waals surface area contributed by atoms with E-state index in [2.05, 4.69) is 29.4 Å². The molecule has 106 valence electrons. The number of pyridine rings is 1. The van der Waals surface area contributed by atoms with Gasteiger partial charge in [0.2, 0.25) is 0 Å². The third-order valence-corrected chi connectivity index (χ3v) is 3.44. The summed E-state index contributed by atoms with van der Waals surface area (Å²) in [7, 11) is 3.96. The molecular formula is C16H20ClN3. The minimum atomic E-state index is 0.237. The van der Waals surface area contributed by atoms with E-state index in [0.29, 0.717) is 0 Å². The molecule has 0 aliphatic carbocycles. The molecule has 0 spiro atoms. The third-order valence-electron chi connectivity index (χ3n) is 3.21. The number of aromatic nitrogens is 1. The second kappa shape index (κ2) is 6.62. The van der Waals surface area contributed by atoms with Crippen LogP contribution in [0.25, 0.3) is 0 Å². The molecule has 1 N–H and O–H groups in total. The fourth-order valence-corrected chi connectivity index (χ4v) is 2.28. The van der Waals surface area contributed by atoms with E-state index in [9.17, 15) is 0 Å². The Morgan fingerprint density at radius 2 is 2.05 bits per heavy atom. The summed E-state index contributed by atoms with van der Waals surface area (Å²) in [5, 5.41) is 4.27. The van der Waals surface area contributed by atoms with Crippen LogP contribution in [0.4, 0.5) is 11.5 Å². The van der Waals surface area contributed by atoms with E-state index in [1.54, 1.807) is 0 Å². The van der Waals surface area contributed by atoms with Gasteiger partial charge in [0.1, 0.15) is 5.82 Å². The summed E-state index contributed by atoms with van der Waals surface area (Å²) in [6.07, 6.45) is 2.85. The Bertz CT molecular complexity index is 552. The third kappa shape index (κ3) is 3.64. The van der Waals surface area contributed by atoms with Crippen molar-refractivity contribution in [2.75, 3.05) is 24.3 Å². The van der Waals surface area contributed by atoms with Crippen molar-refractivity contribution in [2.24, 2.45) is 0 Å². The average Bonchev–Trinajstić information content (AvgIpc) is 2.45. The smallest absolute Gasteiger partial charge is 0.128 e. The fourth-order valence-electron chi connectivity index (χ4n) is 2.08. The number of rotatable bonds is 5. The second-order valence-electron chi connectivity index (χ2n) is 4.96. The predicted molar refractivity (Wildman–Crippen MR) is 86.7 cm³/mol. The Labute approximate surface area is 125 Å². The van der Waals surface area contributed by atoms with E-state index in [1.807, 2.05) is 49.5 Å². The number of nitrogens with one attached hydrogen (secondary N) is 1. The fraction of sp³-hybridized carbons (Fsp3) is 0.312. The zero-order valence-corrected chi connectivity index (χ0v) is 12.9. The van der Waals surface area contributed by atoms with E-state index >= 15 is 0 Å². The number of hydrogen-bond donors (Lipinski definition) is 1. The normalized spacial score (nSPS) is 12.0. The maximum atomic E-state index is 6.06. The van der Waals surface area contributed by atoms with Crippen LogP contribution in [0, 0.1) is 0 Å². The Hall–Kier alpha value is -1.74. The molecule has 0 fully saturated rings. The molecule has 20 heavy (non-hydrogen) atoms. The molecule has 2 rings (SSSR count). The highest BCUT2D eigenvalue weighted by Crippen LogP contribution is 2.25. The molecule has 0 radical (unpaired) electrons. The molecule has 0 amide bonds. The largest absolute Gasteiger partial charge is 0.377 e. The topological polar surface area (TPSA) is 28.2 Å². The van der Waals surface area contributed by atoms with Crippen molar-refractivity contribution < 1.29 is 0 Å². The van der Waals surface area contributed by atoms with Crippen LogP contribution in [0.3, 0.4) is 0 Å². The van der Waals surface area contributed by atoms with Crippen molar-refractivity contribution in [2.45, 2.75) is 19.4 Å². The van der Waals surface area contributed by atoms with Crippen molar-refractivity contribution in [3.63, 3.8) is 0 Å². The van der Waals surface area contributed by atoms with Crippen LogP contribution in [0.1, 0.15) is 24.9 Å². The van der Waals surface area contributed by atoms with Crippen molar-refractivity contribution >= 4 is 23.1 Å². The van der Waals surface area contributed by atoms with Gasteiger partial charge < -0.3 is 10.2 Å². The van der Waals surface area contributed by atoms with Gasteiger partial charge in [-0.1, -0.05) is 30.7 Å². The van der Waals surface area contributed by atoms with Gasteiger partial charge in [-0.15, -0.1) is 0 Å². The minimum Gasteiger partial charge on any atom is -0.377 e. The first-order chi connectivity index (χ1) is 9.60. The zero-order chi connectivity index (χ0) is 14.5. The van der Waals surface area contributed by atoms with Gasteiger partial charge in [0.05, 0.1) is 17.9 Å². The number of halogens is 1. The maximum absolute atomic E-state index is 6.06. The highest BCUT2D eigenvalue weighted by Gasteiger charge is 2.09. The lowest BCUT2D eigenvalue weighted by Gasteiger charge is -2.19. The van der Waals surface area contributed by atoms with Gasteiger partial charge in [0.15, 0.2) is 0 Å². The van der Waals surface area contributed by atoms with Gasteiger partial charge in [0, 0.05) is 19.1 Å². The molecule has 1 aromatic heterocycles. The van der Waals surface area contributed by atoms with Gasteiger partial charge >= 0.3 is 0 Å². The number of anilines is 2. The van der Waals surface area contributed by atoms with E-state index < -0.39 is 0 Å². The molecule has 0 saturated carbocycles. The van der Waals surface area contributed by atoms with Crippen molar-refractivity contribution in [3.05, 3.63) is 53.2 Å². The zero-order valence-electron chi connectivity index (χ0n) is 12.1. The van der Waals surface area contributed by atoms with Crippen LogP contribution >= 0.6 is 11.6 Å². The molecule has 1 heterocycles. The minimum absolute atomic E-state index is 0.237. The molecule has 3 nitrogen and oxygen atoms in total. The molecule has 4 heteroatoms. The monoisotopic (exact) mass is 289 g/mol. The number of nitrogens with zero attached hydrogens (tertiary/aromatic N) is 2. The van der Waals surface area contributed by atoms with Gasteiger partial charge in [-0.3, -0.25) is 0 Å². The first-order valence-electron chi connectivity index (χ1n) is 6.75. The Morgan fingerprint density at radius 1 is 1.25 bits per heavy atom. The lowest BCUT2D eigenvalue weighted by molar-refractivity contribution is 0.748. The maximum Gasteiger partial charge on any atom is 0.128 e. The number of hydrogen-bond acceptors (Lipinski definition) is 3. The highest BCUT2D eigenvalue weighted by atomic mass is 35.5. The standard InChI is InChI=1S/C16H20ClN3/c1-4-15(12-6-5-7-13(17)10-12)19-14-8-9-16(18-11-14)20(2)3/h5-11,15,19H,4H2,1-3H3. The summed E-state index contributed by atoms with van der Waals surface area (Å²) >= 11 is 6.06. The van der Waals surface area contributed by atoms with Crippen LogP contribution < -0.4 is 10.2 Å². The van der Waals surface area contributed by atoms with E-state index in [0.717, 1.165) is 22.9 Å². The first-order valence-corrected chi connectivity index (χ1v) is 7.13. The summed E-state index contributed by atoms with van der Waals surface area (Å²) < 4.78 is 0. The lowest BCUT2D eigenvalue weighted by atomic mass is 10.0. The van der Waals surface area contributed by atoms with Gasteiger partial charge in [-0.05, 0) is 36.2 Å². The molecule has 0 aliphatic heterocycles. The van der Waals surface area contributed by atoms with E-state index in [1.165, 1.54) is 5.56 Å². The van der Waals surface area contributed by atoms with Crippen molar-refractivity contribution in [3.8, 4) is 0 Å². The van der Waals surface area contributed by atoms with E-state index in [-0.39, 0.29) is 6.04 Å². The van der Waals surface area contributed by atoms with Gasteiger partial charge in [-0.25, -0.2) is 4.98 Å². The first kappa shape index (κ1) is 14.7. The lowest BCUT2D eigenvalue weighted by Crippen LogP contribution is -2.12. The quantitative estimate of drug-likeness (QED) is 0.886. The van der Waals surface area contributed by atoms with E-state index in [4.69, 9.17) is 11.6 Å². The van der Waals surface area contributed by atoms with Crippen molar-refractivity contribution in [1.29, 1.82) is 0 Å². The number of benzene rings is 1. The van der Waals surface area contributed by atoms with Crippen LogP contribution in [0.15, 0.2) is 42.6 Å². The van der Waals surface area contributed by atoms with Crippen LogP contribution in [-0.4, -0.2) is 19.1 Å². The van der Waals surface area contributed by atoms with Gasteiger partial charge in [0.25, 0.3) is 0 Å². The Kier molecular flexibility index (Phi) is 4.85. The Morgan fingerprint density at radius 3 is 2.60 bits per heavy atom. The van der Waals surface area contributed by atoms with Gasteiger partial charge in [-0.2, -0.15) is 0 Å². The van der Waals surface area contributed by atoms with Crippen LogP contribution in [0.2, 0.25) is 5.02 Å². The predicted octanol–water partition coefficient (Wildman–Crippen LogP) is 4.36. The summed E-state index contributed by atoms with van der Waals surface area (Å²) in [5.41, 5.74) is 2.21. The molecular weight excluding hydrogens is 270 g/mol. The second-order valence-corrected chi connectivity index (χ2v) is 5.40. The highest BCUT2D eigenvalue weighted by molar-refractivity contribution is 6.30. The average molecular weight is 290 g/mol. The molecule has 0 saturated heterocycles. The summed E-state index contributed by atoms with van der Waals surface area (Å²) in [6, 6.07) is 12.3.